The number of amides is 2. The third kappa shape index (κ3) is 7.81. The molecule has 3 N–H and O–H groups in total. The van der Waals surface area contributed by atoms with Gasteiger partial charge in [0, 0.05) is 13.0 Å². The van der Waals surface area contributed by atoms with Gasteiger partial charge < -0.3 is 15.7 Å². The Morgan fingerprint density at radius 2 is 1.89 bits per heavy atom. The Balaban J connectivity index is 1.68. The van der Waals surface area contributed by atoms with E-state index < -0.39 is 11.9 Å². The summed E-state index contributed by atoms with van der Waals surface area (Å²) in [6.45, 7) is 1.89. The van der Waals surface area contributed by atoms with Crippen molar-refractivity contribution in [3.8, 4) is 0 Å². The van der Waals surface area contributed by atoms with Gasteiger partial charge in [-0.1, -0.05) is 55.5 Å². The van der Waals surface area contributed by atoms with Crippen molar-refractivity contribution in [1.29, 1.82) is 0 Å². The number of benzene rings is 1. The van der Waals surface area contributed by atoms with Crippen LogP contribution in [0.4, 0.5) is 0 Å². The highest BCUT2D eigenvalue weighted by Gasteiger charge is 2.20. The van der Waals surface area contributed by atoms with Crippen LogP contribution in [0.2, 0.25) is 0 Å². The average Bonchev–Trinajstić information content (AvgIpc) is 3.15. The van der Waals surface area contributed by atoms with Gasteiger partial charge in [-0.15, -0.1) is 0 Å². The molecule has 1 aromatic rings. The highest BCUT2D eigenvalue weighted by molar-refractivity contribution is 5.85. The van der Waals surface area contributed by atoms with Gasteiger partial charge in [0.25, 0.3) is 0 Å². The lowest BCUT2D eigenvalue weighted by Crippen LogP contribution is -2.40. The lowest BCUT2D eigenvalue weighted by molar-refractivity contribution is -0.141. The van der Waals surface area contributed by atoms with Gasteiger partial charge in [-0.2, -0.15) is 0 Å². The second-order valence-corrected chi connectivity index (χ2v) is 7.50. The molecule has 148 valence electrons. The molecule has 1 unspecified atom stereocenters. The topological polar surface area (TPSA) is 95.5 Å². The zero-order chi connectivity index (χ0) is 19.6. The van der Waals surface area contributed by atoms with Crippen LogP contribution in [0, 0.1) is 18.8 Å². The normalized spacial score (nSPS) is 15.3. The molecule has 1 saturated carbocycles. The van der Waals surface area contributed by atoms with E-state index in [4.69, 9.17) is 0 Å². The summed E-state index contributed by atoms with van der Waals surface area (Å²) >= 11 is 0. The van der Waals surface area contributed by atoms with Gasteiger partial charge in [0.1, 0.15) is 0 Å². The number of nitrogens with one attached hydrogen (secondary N) is 2. The molecule has 2 rings (SSSR count). The molecule has 27 heavy (non-hydrogen) atoms. The average molecular weight is 374 g/mol. The van der Waals surface area contributed by atoms with Crippen LogP contribution >= 0.6 is 0 Å². The first-order valence-corrected chi connectivity index (χ1v) is 9.76. The number of carbonyl (C=O) groups excluding carboxylic acids is 2. The fourth-order valence-corrected chi connectivity index (χ4v) is 3.57. The number of aryl methyl sites for hydroxylation is 1. The van der Waals surface area contributed by atoms with Crippen molar-refractivity contribution in [3.63, 3.8) is 0 Å². The Morgan fingerprint density at radius 1 is 1.15 bits per heavy atom. The van der Waals surface area contributed by atoms with Crippen molar-refractivity contribution in [2.75, 3.05) is 13.1 Å². The van der Waals surface area contributed by atoms with Crippen molar-refractivity contribution >= 4 is 17.8 Å². The molecule has 0 spiro atoms. The summed E-state index contributed by atoms with van der Waals surface area (Å²) in [7, 11) is 0. The van der Waals surface area contributed by atoms with Crippen LogP contribution in [0.3, 0.4) is 0 Å². The Bertz CT molecular complexity index is 653. The smallest absolute Gasteiger partial charge is 0.308 e. The number of rotatable bonds is 10. The van der Waals surface area contributed by atoms with E-state index in [0.717, 1.165) is 17.5 Å². The monoisotopic (exact) mass is 374 g/mol. The van der Waals surface area contributed by atoms with Gasteiger partial charge in [-0.3, -0.25) is 14.4 Å². The second kappa shape index (κ2) is 10.7. The molecule has 0 aromatic heterocycles. The summed E-state index contributed by atoms with van der Waals surface area (Å²) in [4.78, 5) is 35.2. The number of carboxylic acids is 1. The molecule has 2 amide bonds. The molecule has 1 aliphatic rings. The number of carboxylic acid groups (broad SMARTS) is 1. The molecule has 1 aromatic carbocycles. The van der Waals surface area contributed by atoms with E-state index in [9.17, 15) is 19.5 Å². The molecule has 6 heteroatoms. The van der Waals surface area contributed by atoms with E-state index >= 15 is 0 Å². The largest absolute Gasteiger partial charge is 0.481 e. The van der Waals surface area contributed by atoms with Crippen LogP contribution in [-0.4, -0.2) is 36.0 Å². The molecular formula is C21H30N2O4. The zero-order valence-electron chi connectivity index (χ0n) is 16.0. The predicted molar refractivity (Wildman–Crippen MR) is 103 cm³/mol. The maximum atomic E-state index is 11.9. The fourth-order valence-electron chi connectivity index (χ4n) is 3.57. The molecule has 0 aliphatic heterocycles. The van der Waals surface area contributed by atoms with Crippen LogP contribution in [-0.2, 0) is 20.8 Å². The van der Waals surface area contributed by atoms with E-state index in [-0.39, 0.29) is 24.9 Å². The number of hydrogen-bond donors (Lipinski definition) is 3. The van der Waals surface area contributed by atoms with Gasteiger partial charge in [0.15, 0.2) is 0 Å². The van der Waals surface area contributed by atoms with Crippen LogP contribution in [0.1, 0.15) is 49.7 Å². The van der Waals surface area contributed by atoms with Crippen molar-refractivity contribution in [3.05, 3.63) is 35.4 Å². The van der Waals surface area contributed by atoms with Crippen molar-refractivity contribution in [1.82, 2.24) is 10.6 Å². The molecule has 1 aliphatic carbocycles. The summed E-state index contributed by atoms with van der Waals surface area (Å²) < 4.78 is 0. The van der Waals surface area contributed by atoms with E-state index in [1.54, 1.807) is 0 Å². The standard InChI is InChI=1S/C21H30N2O4/c1-15-5-4-8-17(11-15)12-18(21(26)27)13-22-20(25)14-23-19(24)10-9-16-6-2-3-7-16/h4-5,8,11,16,18H,2-3,6-7,9-10,12-14H2,1H3,(H,22,25)(H,23,24)(H,26,27). The number of carbonyl (C=O) groups is 3. The maximum absolute atomic E-state index is 11.9. The quantitative estimate of drug-likeness (QED) is 0.586. The van der Waals surface area contributed by atoms with E-state index in [1.165, 1.54) is 25.7 Å². The van der Waals surface area contributed by atoms with Crippen LogP contribution < -0.4 is 10.6 Å². The first kappa shape index (κ1) is 20.9. The molecular weight excluding hydrogens is 344 g/mol. The second-order valence-electron chi connectivity index (χ2n) is 7.50. The SMILES string of the molecule is Cc1cccc(CC(CNC(=O)CNC(=O)CCC2CCCC2)C(=O)O)c1. The van der Waals surface area contributed by atoms with Crippen molar-refractivity contribution in [2.45, 2.75) is 51.9 Å². The summed E-state index contributed by atoms with van der Waals surface area (Å²) in [6.07, 6.45) is 6.58. The zero-order valence-corrected chi connectivity index (χ0v) is 16.0. The lowest BCUT2D eigenvalue weighted by atomic mass is 9.98. The van der Waals surface area contributed by atoms with Crippen LogP contribution in [0.25, 0.3) is 0 Å². The summed E-state index contributed by atoms with van der Waals surface area (Å²) in [5.41, 5.74) is 2.00. The van der Waals surface area contributed by atoms with Crippen molar-refractivity contribution < 1.29 is 19.5 Å². The summed E-state index contributed by atoms with van der Waals surface area (Å²) in [5.74, 6) is -1.49. The molecule has 1 fully saturated rings. The van der Waals surface area contributed by atoms with Gasteiger partial charge in [-0.25, -0.2) is 0 Å². The highest BCUT2D eigenvalue weighted by Crippen LogP contribution is 2.28. The van der Waals surface area contributed by atoms with E-state index in [0.29, 0.717) is 18.8 Å². The Kier molecular flexibility index (Phi) is 8.30. The molecule has 0 saturated heterocycles. The van der Waals surface area contributed by atoms with E-state index in [2.05, 4.69) is 10.6 Å². The Hall–Kier alpha value is -2.37. The number of hydrogen-bond acceptors (Lipinski definition) is 3. The summed E-state index contributed by atoms with van der Waals surface area (Å²) in [5, 5.41) is 14.6. The predicted octanol–water partition coefficient (Wildman–Crippen LogP) is 2.44. The van der Waals surface area contributed by atoms with E-state index in [1.807, 2.05) is 31.2 Å². The molecule has 1 atom stereocenters. The Labute approximate surface area is 160 Å². The lowest BCUT2D eigenvalue weighted by Gasteiger charge is -2.14. The van der Waals surface area contributed by atoms with Crippen LogP contribution in [0.15, 0.2) is 24.3 Å². The van der Waals surface area contributed by atoms with Crippen molar-refractivity contribution in [2.24, 2.45) is 11.8 Å². The molecule has 0 radical (unpaired) electrons. The van der Waals surface area contributed by atoms with Gasteiger partial charge in [0.2, 0.25) is 11.8 Å². The fraction of sp³-hybridized carbons (Fsp3) is 0.571. The van der Waals surface area contributed by atoms with Gasteiger partial charge >= 0.3 is 5.97 Å². The van der Waals surface area contributed by atoms with Gasteiger partial charge in [-0.05, 0) is 31.2 Å². The number of aliphatic carboxylic acids is 1. The maximum Gasteiger partial charge on any atom is 0.308 e. The summed E-state index contributed by atoms with van der Waals surface area (Å²) in [6, 6.07) is 7.68. The molecule has 0 heterocycles. The first-order chi connectivity index (χ1) is 12.9. The van der Waals surface area contributed by atoms with Crippen LogP contribution in [0.5, 0.6) is 0 Å². The Morgan fingerprint density at radius 3 is 2.56 bits per heavy atom. The van der Waals surface area contributed by atoms with Gasteiger partial charge in [0.05, 0.1) is 12.5 Å². The minimum absolute atomic E-state index is 0.0417. The third-order valence-corrected chi connectivity index (χ3v) is 5.16. The minimum atomic E-state index is -0.947. The molecule has 6 nitrogen and oxygen atoms in total. The first-order valence-electron chi connectivity index (χ1n) is 9.76. The highest BCUT2D eigenvalue weighted by atomic mass is 16.4. The molecule has 0 bridgehead atoms. The minimum Gasteiger partial charge on any atom is -0.481 e. The third-order valence-electron chi connectivity index (χ3n) is 5.16.